The first-order valence-corrected chi connectivity index (χ1v) is 16.4. The molecule has 0 aliphatic heterocycles. The minimum absolute atomic E-state index is 0.0555. The predicted octanol–water partition coefficient (Wildman–Crippen LogP) is 7.98. The van der Waals surface area contributed by atoms with Crippen molar-refractivity contribution in [2.75, 3.05) is 6.61 Å². The number of ether oxygens (including phenoxy) is 1. The first-order chi connectivity index (χ1) is 21.9. The molecule has 0 aliphatic rings. The highest BCUT2D eigenvalue weighted by Gasteiger charge is 2.18. The van der Waals surface area contributed by atoms with E-state index in [0.717, 1.165) is 37.7 Å². The second-order valence-corrected chi connectivity index (χ2v) is 11.3. The molecule has 6 nitrogen and oxygen atoms in total. The van der Waals surface area contributed by atoms with Crippen LogP contribution in [-0.2, 0) is 20.7 Å². The Bertz CT molecular complexity index is 1250. The van der Waals surface area contributed by atoms with Crippen LogP contribution in [0.3, 0.4) is 0 Å². The molecule has 1 amide bonds. The number of hydrogen-bond donors (Lipinski definition) is 2. The lowest BCUT2D eigenvalue weighted by atomic mass is 10.00. The topological polar surface area (TPSA) is 98.5 Å². The van der Waals surface area contributed by atoms with Crippen molar-refractivity contribution in [1.82, 2.24) is 5.32 Å². The van der Waals surface area contributed by atoms with Crippen molar-refractivity contribution in [3.63, 3.8) is 0 Å². The van der Waals surface area contributed by atoms with Gasteiger partial charge in [0.25, 0.3) is 0 Å². The van der Waals surface area contributed by atoms with Crippen LogP contribution in [0.25, 0.3) is 0 Å². The van der Waals surface area contributed by atoms with Crippen LogP contribution in [-0.4, -0.2) is 36.4 Å². The van der Waals surface area contributed by atoms with Gasteiger partial charge in [-0.1, -0.05) is 123 Å². The summed E-state index contributed by atoms with van der Waals surface area (Å²) in [5.41, 5.74) is 8.09. The van der Waals surface area contributed by atoms with Crippen LogP contribution in [0.4, 0.5) is 0 Å². The fourth-order valence-corrected chi connectivity index (χ4v) is 4.53. The molecule has 0 bridgehead atoms. The van der Waals surface area contributed by atoms with Crippen molar-refractivity contribution in [3.05, 3.63) is 120 Å². The second kappa shape index (κ2) is 23.4. The zero-order valence-corrected chi connectivity index (χ0v) is 27.2. The van der Waals surface area contributed by atoms with E-state index in [-0.39, 0.29) is 30.8 Å². The molecule has 0 radical (unpaired) electrons. The normalized spacial score (nSPS) is 13.1. The van der Waals surface area contributed by atoms with Gasteiger partial charge in [0.15, 0.2) is 5.78 Å². The van der Waals surface area contributed by atoms with E-state index in [4.69, 9.17) is 10.5 Å². The quantitative estimate of drug-likeness (QED) is 0.0608. The highest BCUT2D eigenvalue weighted by molar-refractivity contribution is 6.08. The Morgan fingerprint density at radius 3 is 1.91 bits per heavy atom. The summed E-state index contributed by atoms with van der Waals surface area (Å²) in [5, 5.41) is 2.87. The van der Waals surface area contributed by atoms with E-state index in [0.29, 0.717) is 17.5 Å². The van der Waals surface area contributed by atoms with E-state index in [1.165, 1.54) is 25.7 Å². The zero-order chi connectivity index (χ0) is 32.5. The number of amides is 1. The van der Waals surface area contributed by atoms with E-state index in [9.17, 15) is 14.4 Å². The van der Waals surface area contributed by atoms with Gasteiger partial charge in [-0.2, -0.15) is 0 Å². The lowest BCUT2D eigenvalue weighted by Crippen LogP contribution is -2.40. The van der Waals surface area contributed by atoms with Gasteiger partial charge in [-0.15, -0.1) is 0 Å². The number of nitrogens with one attached hydrogen (secondary N) is 1. The van der Waals surface area contributed by atoms with Crippen LogP contribution < -0.4 is 11.1 Å². The first kappa shape index (κ1) is 37.2. The van der Waals surface area contributed by atoms with Crippen molar-refractivity contribution >= 4 is 17.7 Å². The van der Waals surface area contributed by atoms with Crippen molar-refractivity contribution in [2.45, 2.75) is 96.6 Å². The molecule has 0 aliphatic carbocycles. The molecule has 0 saturated heterocycles. The molecular formula is C39H52N2O4. The standard InChI is InChI=1S/C39H52N2O4/c1-3-4-5-6-7-8-9-10-11-12-13-14-15-16-17-18-22-25-37(42)41-32(2)31-45-39(44)36(40)30-33-26-28-35(29-27-33)38(43)34-23-20-19-21-24-34/h7-8,10-11,13-14,16-17,19-21,23-24,26-29,32,36H,3-6,9,12,15,18,22,25,30-31,40H2,1-2H3,(H,41,42)/b8-7-,11-10-,14-13-,17-16-/t32-,36+/m1/s1. The monoisotopic (exact) mass is 612 g/mol. The van der Waals surface area contributed by atoms with Gasteiger partial charge in [-0.25, -0.2) is 0 Å². The molecule has 0 unspecified atom stereocenters. The summed E-state index contributed by atoms with van der Waals surface area (Å²) in [4.78, 5) is 37.2. The lowest BCUT2D eigenvalue weighted by Gasteiger charge is -2.16. The van der Waals surface area contributed by atoms with Gasteiger partial charge < -0.3 is 15.8 Å². The van der Waals surface area contributed by atoms with Crippen molar-refractivity contribution in [3.8, 4) is 0 Å². The average molecular weight is 613 g/mol. The number of rotatable bonds is 22. The molecule has 0 aromatic heterocycles. The summed E-state index contributed by atoms with van der Waals surface area (Å²) in [6.07, 6.45) is 27.7. The zero-order valence-electron chi connectivity index (χ0n) is 27.2. The van der Waals surface area contributed by atoms with Gasteiger partial charge in [-0.05, 0) is 63.9 Å². The van der Waals surface area contributed by atoms with Gasteiger partial charge in [0.05, 0.1) is 6.04 Å². The third kappa shape index (κ3) is 17.1. The Morgan fingerprint density at radius 1 is 0.756 bits per heavy atom. The Balaban J connectivity index is 1.53. The Labute approximate surface area is 270 Å². The summed E-state index contributed by atoms with van der Waals surface area (Å²) in [6, 6.07) is 15.0. The van der Waals surface area contributed by atoms with Crippen LogP contribution >= 0.6 is 0 Å². The number of unbranched alkanes of at least 4 members (excludes halogenated alkanes) is 4. The van der Waals surface area contributed by atoms with E-state index in [1.807, 2.05) is 18.2 Å². The van der Waals surface area contributed by atoms with Gasteiger partial charge >= 0.3 is 5.97 Å². The number of allylic oxidation sites excluding steroid dienone is 8. The number of benzene rings is 2. The number of nitrogens with two attached hydrogens (primary N) is 1. The van der Waals surface area contributed by atoms with Crippen molar-refractivity contribution in [1.29, 1.82) is 0 Å². The van der Waals surface area contributed by atoms with Crippen LogP contribution in [0.5, 0.6) is 0 Å². The van der Waals surface area contributed by atoms with Gasteiger partial charge in [0.1, 0.15) is 12.6 Å². The molecular weight excluding hydrogens is 560 g/mol. The number of ketones is 1. The summed E-state index contributed by atoms with van der Waals surface area (Å²) in [7, 11) is 0. The van der Waals surface area contributed by atoms with Crippen molar-refractivity contribution < 1.29 is 19.1 Å². The summed E-state index contributed by atoms with van der Waals surface area (Å²) in [6.45, 7) is 4.08. The van der Waals surface area contributed by atoms with Gasteiger partial charge in [0, 0.05) is 17.5 Å². The van der Waals surface area contributed by atoms with E-state index in [2.05, 4.69) is 60.8 Å². The van der Waals surface area contributed by atoms with Crippen LogP contribution in [0, 0.1) is 0 Å². The van der Waals surface area contributed by atoms with Gasteiger partial charge in [0.2, 0.25) is 5.91 Å². The van der Waals surface area contributed by atoms with Crippen LogP contribution in [0.15, 0.2) is 103 Å². The van der Waals surface area contributed by atoms with E-state index < -0.39 is 12.0 Å². The smallest absolute Gasteiger partial charge is 0.323 e. The number of hydrogen-bond acceptors (Lipinski definition) is 5. The molecule has 0 saturated carbocycles. The van der Waals surface area contributed by atoms with Crippen LogP contribution in [0.2, 0.25) is 0 Å². The molecule has 242 valence electrons. The maximum absolute atomic E-state index is 12.6. The summed E-state index contributed by atoms with van der Waals surface area (Å²) in [5.74, 6) is -0.651. The third-order valence-electron chi connectivity index (χ3n) is 7.13. The third-order valence-corrected chi connectivity index (χ3v) is 7.13. The second-order valence-electron chi connectivity index (χ2n) is 11.3. The molecule has 2 aromatic carbocycles. The molecule has 0 heterocycles. The highest BCUT2D eigenvalue weighted by Crippen LogP contribution is 2.12. The molecule has 6 heteroatoms. The average Bonchev–Trinajstić information content (AvgIpc) is 3.05. The Hall–Kier alpha value is -4.03. The largest absolute Gasteiger partial charge is 0.462 e. The minimum atomic E-state index is -0.839. The fourth-order valence-electron chi connectivity index (χ4n) is 4.53. The van der Waals surface area contributed by atoms with Crippen LogP contribution in [0.1, 0.15) is 99.5 Å². The molecule has 2 aromatic rings. The maximum atomic E-state index is 12.6. The van der Waals surface area contributed by atoms with Crippen molar-refractivity contribution in [2.24, 2.45) is 5.73 Å². The van der Waals surface area contributed by atoms with E-state index >= 15 is 0 Å². The summed E-state index contributed by atoms with van der Waals surface area (Å²) < 4.78 is 5.34. The van der Waals surface area contributed by atoms with Gasteiger partial charge in [-0.3, -0.25) is 14.4 Å². The summed E-state index contributed by atoms with van der Waals surface area (Å²) >= 11 is 0. The SMILES string of the molecule is CCCCC/C=C\C/C=C\C/C=C\C/C=C\CCCC(=O)N[C@H](C)COC(=O)[C@@H](N)Cc1ccc(C(=O)c2ccccc2)cc1. The number of carbonyl (C=O) groups is 3. The predicted molar refractivity (Wildman–Crippen MR) is 185 cm³/mol. The molecule has 2 atom stereocenters. The number of esters is 1. The Morgan fingerprint density at radius 2 is 1.31 bits per heavy atom. The molecule has 0 fully saturated rings. The van der Waals surface area contributed by atoms with E-state index in [1.54, 1.807) is 43.3 Å². The minimum Gasteiger partial charge on any atom is -0.462 e. The number of carbonyl (C=O) groups excluding carboxylic acids is 3. The lowest BCUT2D eigenvalue weighted by molar-refractivity contribution is -0.146. The Kier molecular flexibility index (Phi) is 19.3. The molecule has 2 rings (SSSR count). The molecule has 45 heavy (non-hydrogen) atoms. The highest BCUT2D eigenvalue weighted by atomic mass is 16.5. The molecule has 3 N–H and O–H groups in total. The molecule has 0 spiro atoms. The maximum Gasteiger partial charge on any atom is 0.323 e. The first-order valence-electron chi connectivity index (χ1n) is 16.4. The fraction of sp³-hybridized carbons (Fsp3) is 0.410.